The molecule has 31 heavy (non-hydrogen) atoms. The monoisotopic (exact) mass is 474 g/mol. The SMILES string of the molecule is O=C(Nc1ccc(-c2cnc(CNS(=O)(=O)C(F)(F)F)s2)cc1)Nc1ccccc1F. The van der Waals surface area contributed by atoms with E-state index >= 15 is 0 Å². The van der Waals surface area contributed by atoms with Crippen LogP contribution in [0.5, 0.6) is 0 Å². The minimum Gasteiger partial charge on any atom is -0.308 e. The van der Waals surface area contributed by atoms with Crippen molar-refractivity contribution in [3.05, 3.63) is 65.6 Å². The number of carbonyl (C=O) groups excluding carboxylic acids is 1. The summed E-state index contributed by atoms with van der Waals surface area (Å²) in [7, 11) is -5.45. The third kappa shape index (κ3) is 5.77. The zero-order chi connectivity index (χ0) is 22.6. The van der Waals surface area contributed by atoms with Gasteiger partial charge in [-0.05, 0) is 29.8 Å². The molecule has 2 amide bonds. The summed E-state index contributed by atoms with van der Waals surface area (Å²) in [4.78, 5) is 16.5. The van der Waals surface area contributed by atoms with E-state index in [2.05, 4.69) is 15.6 Å². The first kappa shape index (κ1) is 22.7. The molecular weight excluding hydrogens is 460 g/mol. The number of aromatic nitrogens is 1. The number of thiazole rings is 1. The number of hydrogen-bond acceptors (Lipinski definition) is 5. The highest BCUT2D eigenvalue weighted by molar-refractivity contribution is 7.90. The molecule has 3 rings (SSSR count). The molecule has 0 unspecified atom stereocenters. The normalized spacial score (nSPS) is 11.9. The minimum atomic E-state index is -5.45. The van der Waals surface area contributed by atoms with Crippen molar-refractivity contribution in [2.24, 2.45) is 0 Å². The van der Waals surface area contributed by atoms with Crippen molar-refractivity contribution in [1.29, 1.82) is 0 Å². The van der Waals surface area contributed by atoms with E-state index in [1.165, 1.54) is 29.1 Å². The summed E-state index contributed by atoms with van der Waals surface area (Å²) in [5.74, 6) is -0.577. The van der Waals surface area contributed by atoms with Gasteiger partial charge in [-0.25, -0.2) is 27.3 Å². The molecule has 1 aromatic heterocycles. The summed E-state index contributed by atoms with van der Waals surface area (Å²) < 4.78 is 74.2. The number of carbonyl (C=O) groups is 1. The number of para-hydroxylation sites is 1. The lowest BCUT2D eigenvalue weighted by Gasteiger charge is -2.08. The third-order valence-corrected chi connectivity index (χ3v) is 6.00. The van der Waals surface area contributed by atoms with Gasteiger partial charge in [-0.1, -0.05) is 24.3 Å². The summed E-state index contributed by atoms with van der Waals surface area (Å²) in [5, 5.41) is 5.06. The van der Waals surface area contributed by atoms with Crippen LogP contribution in [0.25, 0.3) is 10.4 Å². The number of alkyl halides is 3. The molecule has 0 aliphatic carbocycles. The molecule has 3 aromatic rings. The Kier molecular flexibility index (Phi) is 6.57. The van der Waals surface area contributed by atoms with Gasteiger partial charge in [-0.3, -0.25) is 0 Å². The van der Waals surface area contributed by atoms with Gasteiger partial charge in [-0.2, -0.15) is 13.2 Å². The average Bonchev–Trinajstić information content (AvgIpc) is 3.17. The summed E-state index contributed by atoms with van der Waals surface area (Å²) >= 11 is 1.01. The van der Waals surface area contributed by atoms with Crippen LogP contribution < -0.4 is 15.4 Å². The molecule has 13 heteroatoms. The minimum absolute atomic E-state index is 0.0231. The van der Waals surface area contributed by atoms with Gasteiger partial charge in [0.15, 0.2) is 0 Å². The first-order chi connectivity index (χ1) is 14.5. The Morgan fingerprint density at radius 3 is 2.35 bits per heavy atom. The molecule has 7 nitrogen and oxygen atoms in total. The largest absolute Gasteiger partial charge is 0.511 e. The van der Waals surface area contributed by atoms with Crippen LogP contribution in [0.2, 0.25) is 0 Å². The van der Waals surface area contributed by atoms with Gasteiger partial charge in [0.25, 0.3) is 0 Å². The Balaban J connectivity index is 1.60. The summed E-state index contributed by atoms with van der Waals surface area (Å²) in [6.07, 6.45) is 1.40. The Bertz CT molecular complexity index is 1180. The van der Waals surface area contributed by atoms with Crippen molar-refractivity contribution in [3.63, 3.8) is 0 Å². The summed E-state index contributed by atoms with van der Waals surface area (Å²) in [6.45, 7) is -0.595. The molecule has 0 saturated carbocycles. The van der Waals surface area contributed by atoms with Gasteiger partial charge in [0, 0.05) is 11.9 Å². The maximum absolute atomic E-state index is 13.6. The number of halogens is 4. The number of nitrogens with one attached hydrogen (secondary N) is 3. The van der Waals surface area contributed by atoms with Gasteiger partial charge < -0.3 is 10.6 Å². The predicted molar refractivity (Wildman–Crippen MR) is 108 cm³/mol. The Morgan fingerprint density at radius 1 is 1.03 bits per heavy atom. The quantitative estimate of drug-likeness (QED) is 0.457. The molecule has 2 aromatic carbocycles. The van der Waals surface area contributed by atoms with Crippen LogP contribution >= 0.6 is 11.3 Å². The van der Waals surface area contributed by atoms with Crippen molar-refractivity contribution in [3.8, 4) is 10.4 Å². The molecule has 0 atom stereocenters. The molecule has 0 spiro atoms. The molecule has 164 valence electrons. The molecule has 0 radical (unpaired) electrons. The van der Waals surface area contributed by atoms with Gasteiger partial charge in [0.2, 0.25) is 0 Å². The van der Waals surface area contributed by atoms with E-state index in [-0.39, 0.29) is 10.7 Å². The van der Waals surface area contributed by atoms with Crippen LogP contribution in [0.15, 0.2) is 54.7 Å². The van der Waals surface area contributed by atoms with Gasteiger partial charge in [0.1, 0.15) is 10.8 Å². The molecule has 0 saturated heterocycles. The van der Waals surface area contributed by atoms with Crippen LogP contribution in [-0.2, 0) is 16.6 Å². The second-order valence-electron chi connectivity index (χ2n) is 6.02. The number of rotatable bonds is 6. The van der Waals surface area contributed by atoms with Crippen LogP contribution in [-0.4, -0.2) is 24.9 Å². The van der Waals surface area contributed by atoms with Crippen molar-refractivity contribution in [1.82, 2.24) is 9.71 Å². The maximum Gasteiger partial charge on any atom is 0.511 e. The van der Waals surface area contributed by atoms with E-state index in [0.717, 1.165) is 11.3 Å². The molecule has 0 aliphatic heterocycles. The summed E-state index contributed by atoms with van der Waals surface area (Å²) in [6, 6.07) is 11.5. The van der Waals surface area contributed by atoms with E-state index in [1.807, 2.05) is 0 Å². The van der Waals surface area contributed by atoms with E-state index in [4.69, 9.17) is 0 Å². The number of hydrogen-bond donors (Lipinski definition) is 3. The molecule has 0 bridgehead atoms. The number of sulfonamides is 1. The van der Waals surface area contributed by atoms with E-state index < -0.39 is 33.9 Å². The van der Waals surface area contributed by atoms with Gasteiger partial charge >= 0.3 is 21.6 Å². The molecule has 1 heterocycles. The number of urea groups is 1. The fourth-order valence-electron chi connectivity index (χ4n) is 2.33. The first-order valence-corrected chi connectivity index (χ1v) is 10.8. The number of amides is 2. The topological polar surface area (TPSA) is 100 Å². The highest BCUT2D eigenvalue weighted by Gasteiger charge is 2.45. The fourth-order valence-corrected chi connectivity index (χ4v) is 3.77. The Labute approximate surface area is 178 Å². The van der Waals surface area contributed by atoms with Crippen molar-refractivity contribution < 1.29 is 30.8 Å². The molecular formula is C18H14F4N4O3S2. The van der Waals surface area contributed by atoms with Crippen LogP contribution in [0.3, 0.4) is 0 Å². The summed E-state index contributed by atoms with van der Waals surface area (Å²) in [5.41, 5.74) is -4.30. The lowest BCUT2D eigenvalue weighted by atomic mass is 10.2. The second kappa shape index (κ2) is 8.99. The highest BCUT2D eigenvalue weighted by Crippen LogP contribution is 2.28. The fraction of sp³-hybridized carbons (Fsp3) is 0.111. The first-order valence-electron chi connectivity index (χ1n) is 8.49. The van der Waals surface area contributed by atoms with E-state index in [1.54, 1.807) is 30.3 Å². The smallest absolute Gasteiger partial charge is 0.308 e. The van der Waals surface area contributed by atoms with Crippen molar-refractivity contribution >= 4 is 38.8 Å². The average molecular weight is 474 g/mol. The lowest BCUT2D eigenvalue weighted by molar-refractivity contribution is -0.0448. The number of benzene rings is 2. The van der Waals surface area contributed by atoms with Crippen LogP contribution in [0, 0.1) is 5.82 Å². The Morgan fingerprint density at radius 2 is 1.71 bits per heavy atom. The predicted octanol–water partition coefficient (Wildman–Crippen LogP) is 4.53. The molecule has 3 N–H and O–H groups in total. The number of nitrogens with zero attached hydrogens (tertiary/aromatic N) is 1. The third-order valence-electron chi connectivity index (χ3n) is 3.82. The van der Waals surface area contributed by atoms with Crippen LogP contribution in [0.1, 0.15) is 5.01 Å². The van der Waals surface area contributed by atoms with Gasteiger partial charge in [-0.15, -0.1) is 11.3 Å². The van der Waals surface area contributed by atoms with Gasteiger partial charge in [0.05, 0.1) is 17.1 Å². The standard InChI is InChI=1S/C18H14F4N4O3S2/c19-13-3-1-2-4-14(13)26-17(27)25-12-7-5-11(6-8-12)15-9-23-16(30-15)10-24-31(28,29)18(20,21)22/h1-9,24H,10H2,(H2,25,26,27). The molecule has 0 fully saturated rings. The zero-order valence-electron chi connectivity index (χ0n) is 15.4. The zero-order valence-corrected chi connectivity index (χ0v) is 17.0. The number of anilines is 2. The van der Waals surface area contributed by atoms with Crippen LogP contribution in [0.4, 0.5) is 33.7 Å². The highest BCUT2D eigenvalue weighted by atomic mass is 32.2. The lowest BCUT2D eigenvalue weighted by Crippen LogP contribution is -2.35. The van der Waals surface area contributed by atoms with Crippen molar-refractivity contribution in [2.45, 2.75) is 12.1 Å². The second-order valence-corrected chi connectivity index (χ2v) is 8.90. The van der Waals surface area contributed by atoms with E-state index in [9.17, 15) is 30.8 Å². The Hall–Kier alpha value is -3.03. The van der Waals surface area contributed by atoms with Crippen molar-refractivity contribution in [2.75, 3.05) is 10.6 Å². The molecule has 0 aliphatic rings. The van der Waals surface area contributed by atoms with E-state index in [0.29, 0.717) is 16.1 Å². The maximum atomic E-state index is 13.6.